The van der Waals surface area contributed by atoms with Crippen molar-refractivity contribution in [3.8, 4) is 5.69 Å². The fourth-order valence-electron chi connectivity index (χ4n) is 4.49. The molecule has 0 aliphatic carbocycles. The van der Waals surface area contributed by atoms with E-state index in [1.807, 2.05) is 20.8 Å². The summed E-state index contributed by atoms with van der Waals surface area (Å²) in [5, 5.41) is 3.87. The van der Waals surface area contributed by atoms with E-state index in [0.717, 1.165) is 11.1 Å². The molecule has 3 heterocycles. The van der Waals surface area contributed by atoms with E-state index in [0.29, 0.717) is 0 Å². The molecule has 0 unspecified atom stereocenters. The van der Waals surface area contributed by atoms with Gasteiger partial charge in [0.1, 0.15) is 0 Å². The topological polar surface area (TPSA) is 46.9 Å². The van der Waals surface area contributed by atoms with Crippen molar-refractivity contribution in [3.63, 3.8) is 0 Å². The molecule has 1 aliphatic rings. The lowest BCUT2D eigenvalue weighted by atomic mass is 9.83. The summed E-state index contributed by atoms with van der Waals surface area (Å²) in [4.78, 5) is 14.7. The predicted molar refractivity (Wildman–Crippen MR) is 136 cm³/mol. The van der Waals surface area contributed by atoms with Gasteiger partial charge in [-0.05, 0) is 75.1 Å². The Hall–Kier alpha value is -2.88. The van der Waals surface area contributed by atoms with Crippen LogP contribution in [0.5, 0.6) is 0 Å². The number of carbonyl (C=O) groups is 1. The number of ketones is 1. The van der Waals surface area contributed by atoms with Gasteiger partial charge in [0, 0.05) is 29.8 Å². The summed E-state index contributed by atoms with van der Waals surface area (Å²) in [6.07, 6.45) is 10.3. The lowest BCUT2D eigenvalue weighted by Gasteiger charge is -2.41. The SMILES string of the molecule is CC.CC(=O)c1ccncc1C.CCCC1(CCC)Nc2cc(C)ccc2-n2cccc21. The molecular weight excluding hydrogens is 394 g/mol. The predicted octanol–water partition coefficient (Wildman–Crippen LogP) is 7.63. The number of benzene rings is 1. The zero-order valence-electron chi connectivity index (χ0n) is 20.8. The van der Waals surface area contributed by atoms with E-state index in [4.69, 9.17) is 0 Å². The number of rotatable bonds is 5. The Morgan fingerprint density at radius 1 is 1.06 bits per heavy atom. The van der Waals surface area contributed by atoms with Gasteiger partial charge in [-0.2, -0.15) is 0 Å². The smallest absolute Gasteiger partial charge is 0.160 e. The Bertz CT molecular complexity index is 1010. The zero-order valence-corrected chi connectivity index (χ0v) is 20.8. The van der Waals surface area contributed by atoms with E-state index in [2.05, 4.69) is 72.2 Å². The summed E-state index contributed by atoms with van der Waals surface area (Å²) in [6, 6.07) is 12.9. The first kappa shape index (κ1) is 25.4. The second-order valence-corrected chi connectivity index (χ2v) is 8.24. The van der Waals surface area contributed by atoms with Gasteiger partial charge in [0.2, 0.25) is 0 Å². The first-order valence-corrected chi connectivity index (χ1v) is 11.9. The maximum atomic E-state index is 10.8. The van der Waals surface area contributed by atoms with Crippen molar-refractivity contribution in [1.29, 1.82) is 0 Å². The quantitative estimate of drug-likeness (QED) is 0.421. The van der Waals surface area contributed by atoms with Gasteiger partial charge in [0.05, 0.1) is 16.9 Å². The molecule has 1 aliphatic heterocycles. The summed E-state index contributed by atoms with van der Waals surface area (Å²) >= 11 is 0. The number of pyridine rings is 1. The molecule has 0 amide bonds. The van der Waals surface area contributed by atoms with Gasteiger partial charge in [0.15, 0.2) is 5.78 Å². The fraction of sp³-hybridized carbons (Fsp3) is 0.429. The fourth-order valence-corrected chi connectivity index (χ4v) is 4.49. The number of fused-ring (bicyclic) bond motifs is 3. The number of nitrogens with one attached hydrogen (secondary N) is 1. The van der Waals surface area contributed by atoms with E-state index in [-0.39, 0.29) is 11.3 Å². The third-order valence-electron chi connectivity index (χ3n) is 5.78. The minimum absolute atomic E-state index is 0.0911. The first-order chi connectivity index (χ1) is 15.4. The van der Waals surface area contributed by atoms with E-state index in [9.17, 15) is 4.79 Å². The Labute approximate surface area is 194 Å². The summed E-state index contributed by atoms with van der Waals surface area (Å²) in [7, 11) is 0. The third kappa shape index (κ3) is 5.48. The van der Waals surface area contributed by atoms with Crippen LogP contribution in [0.15, 0.2) is 55.0 Å². The van der Waals surface area contributed by atoms with Crippen LogP contribution in [-0.2, 0) is 5.54 Å². The molecule has 1 aromatic carbocycles. The number of nitrogens with zero attached hydrogens (tertiary/aromatic N) is 2. The molecular formula is C28H39N3O. The highest BCUT2D eigenvalue weighted by Gasteiger charge is 2.37. The molecule has 0 spiro atoms. The van der Waals surface area contributed by atoms with Crippen LogP contribution in [0.3, 0.4) is 0 Å². The second kappa shape index (κ2) is 11.7. The normalized spacial score (nSPS) is 12.7. The van der Waals surface area contributed by atoms with Crippen LogP contribution < -0.4 is 5.32 Å². The van der Waals surface area contributed by atoms with E-state index < -0.39 is 0 Å². The monoisotopic (exact) mass is 433 g/mol. The minimum atomic E-state index is 0.0911. The van der Waals surface area contributed by atoms with Crippen LogP contribution in [0.4, 0.5) is 5.69 Å². The number of anilines is 1. The Morgan fingerprint density at radius 3 is 2.31 bits per heavy atom. The van der Waals surface area contributed by atoms with E-state index in [1.54, 1.807) is 25.4 Å². The molecule has 4 heteroatoms. The lowest BCUT2D eigenvalue weighted by Crippen LogP contribution is -2.40. The maximum Gasteiger partial charge on any atom is 0.160 e. The molecule has 32 heavy (non-hydrogen) atoms. The number of Topliss-reactive ketones (excluding diaryl/α,β-unsaturated/α-hetero) is 1. The molecule has 0 radical (unpaired) electrons. The summed E-state index contributed by atoms with van der Waals surface area (Å²) in [6.45, 7) is 14.1. The van der Waals surface area contributed by atoms with Crippen molar-refractivity contribution in [3.05, 3.63) is 77.4 Å². The van der Waals surface area contributed by atoms with Crippen LogP contribution in [0.2, 0.25) is 0 Å². The number of hydrogen-bond acceptors (Lipinski definition) is 3. The average Bonchev–Trinajstić information content (AvgIpc) is 3.27. The molecule has 2 aromatic heterocycles. The molecule has 0 atom stereocenters. The molecule has 0 bridgehead atoms. The van der Waals surface area contributed by atoms with E-state index in [1.165, 1.54) is 48.3 Å². The van der Waals surface area contributed by atoms with Crippen LogP contribution in [-0.4, -0.2) is 15.3 Å². The molecule has 1 N–H and O–H groups in total. The van der Waals surface area contributed by atoms with Crippen LogP contribution in [0.1, 0.15) is 87.5 Å². The van der Waals surface area contributed by atoms with Gasteiger partial charge >= 0.3 is 0 Å². The summed E-state index contributed by atoms with van der Waals surface area (Å²) in [5.74, 6) is 0.0971. The van der Waals surface area contributed by atoms with Gasteiger partial charge in [-0.3, -0.25) is 9.78 Å². The second-order valence-electron chi connectivity index (χ2n) is 8.24. The van der Waals surface area contributed by atoms with Crippen molar-refractivity contribution in [2.75, 3.05) is 5.32 Å². The van der Waals surface area contributed by atoms with Gasteiger partial charge in [-0.1, -0.05) is 46.6 Å². The van der Waals surface area contributed by atoms with Crippen LogP contribution in [0.25, 0.3) is 5.69 Å². The summed E-state index contributed by atoms with van der Waals surface area (Å²) < 4.78 is 2.37. The molecule has 4 nitrogen and oxygen atoms in total. The van der Waals surface area contributed by atoms with Gasteiger partial charge in [-0.25, -0.2) is 0 Å². The molecule has 172 valence electrons. The first-order valence-electron chi connectivity index (χ1n) is 11.9. The highest BCUT2D eigenvalue weighted by Crippen LogP contribution is 2.43. The lowest BCUT2D eigenvalue weighted by molar-refractivity contribution is 0.101. The maximum absolute atomic E-state index is 10.8. The van der Waals surface area contributed by atoms with Crippen molar-refractivity contribution in [2.45, 2.75) is 79.7 Å². The van der Waals surface area contributed by atoms with Crippen LogP contribution >= 0.6 is 0 Å². The van der Waals surface area contributed by atoms with Gasteiger partial charge < -0.3 is 9.88 Å². The number of aromatic nitrogens is 2. The number of carbonyl (C=O) groups excluding carboxylic acids is 1. The minimum Gasteiger partial charge on any atom is -0.372 e. The zero-order chi connectivity index (χ0) is 23.7. The number of aryl methyl sites for hydroxylation is 2. The summed E-state index contributed by atoms with van der Waals surface area (Å²) in [5.41, 5.74) is 7.07. The molecule has 0 saturated heterocycles. The molecule has 0 saturated carbocycles. The largest absolute Gasteiger partial charge is 0.372 e. The Balaban J connectivity index is 0.000000255. The third-order valence-corrected chi connectivity index (χ3v) is 5.78. The van der Waals surface area contributed by atoms with Crippen molar-refractivity contribution >= 4 is 11.5 Å². The average molecular weight is 434 g/mol. The molecule has 0 fully saturated rings. The highest BCUT2D eigenvalue weighted by molar-refractivity contribution is 5.95. The Kier molecular flexibility index (Phi) is 9.25. The van der Waals surface area contributed by atoms with Gasteiger partial charge in [0.25, 0.3) is 0 Å². The van der Waals surface area contributed by atoms with Crippen molar-refractivity contribution < 1.29 is 4.79 Å². The van der Waals surface area contributed by atoms with Crippen LogP contribution in [0, 0.1) is 13.8 Å². The van der Waals surface area contributed by atoms with E-state index >= 15 is 0 Å². The molecule has 3 aromatic rings. The van der Waals surface area contributed by atoms with Gasteiger partial charge in [-0.15, -0.1) is 0 Å². The highest BCUT2D eigenvalue weighted by atomic mass is 16.1. The van der Waals surface area contributed by atoms with Crippen molar-refractivity contribution in [1.82, 2.24) is 9.55 Å². The Morgan fingerprint density at radius 2 is 1.75 bits per heavy atom. The molecule has 4 rings (SSSR count). The van der Waals surface area contributed by atoms with Crippen molar-refractivity contribution in [2.24, 2.45) is 0 Å². The number of hydrogen-bond donors (Lipinski definition) is 1. The standard InChI is InChI=1S/C18H24N2.C8H9NO.C2H6/c1-4-10-18(11-5-2)17-7-6-12-20(17)16-9-8-14(3)13-15(16)19-18;1-6-5-9-4-3-8(6)7(2)10;1-2/h6-9,12-13,19H,4-5,10-11H2,1-3H3;3-5H,1-2H3;1-2H3.